The average Bonchev–Trinajstić information content (AvgIpc) is 2.19. The van der Waals surface area contributed by atoms with Gasteiger partial charge in [0.25, 0.3) is 0 Å². The number of nitrogens with two attached hydrogens (primary N) is 1. The highest BCUT2D eigenvalue weighted by Gasteiger charge is 2.26. The van der Waals surface area contributed by atoms with Crippen molar-refractivity contribution in [2.45, 2.75) is 37.4 Å². The first kappa shape index (κ1) is 11.9. The van der Waals surface area contributed by atoms with Crippen LogP contribution in [0, 0.1) is 5.92 Å². The van der Waals surface area contributed by atoms with Gasteiger partial charge in [-0.3, -0.25) is 4.79 Å². The SMILES string of the molecule is NCCCSC1CCCC(C(=O)O)C1. The maximum Gasteiger partial charge on any atom is 0.306 e. The molecule has 1 fully saturated rings. The van der Waals surface area contributed by atoms with Crippen LogP contribution in [0.4, 0.5) is 0 Å². The van der Waals surface area contributed by atoms with Crippen molar-refractivity contribution in [3.63, 3.8) is 0 Å². The minimum atomic E-state index is -0.617. The van der Waals surface area contributed by atoms with Crippen molar-refractivity contribution in [3.8, 4) is 0 Å². The molecule has 0 amide bonds. The molecule has 82 valence electrons. The van der Waals surface area contributed by atoms with Gasteiger partial charge in [-0.2, -0.15) is 11.8 Å². The number of hydrogen-bond acceptors (Lipinski definition) is 3. The third kappa shape index (κ3) is 3.88. The van der Waals surface area contributed by atoms with Crippen LogP contribution in [0.15, 0.2) is 0 Å². The summed E-state index contributed by atoms with van der Waals surface area (Å²) in [6.07, 6.45) is 5.00. The first-order valence-corrected chi connectivity index (χ1v) is 6.33. The Labute approximate surface area is 89.4 Å². The van der Waals surface area contributed by atoms with Crippen LogP contribution in [0.25, 0.3) is 0 Å². The fourth-order valence-corrected chi connectivity index (χ4v) is 3.22. The molecule has 1 aliphatic carbocycles. The second-order valence-corrected chi connectivity index (χ2v) is 5.25. The molecule has 0 aromatic carbocycles. The van der Waals surface area contributed by atoms with Crippen molar-refractivity contribution < 1.29 is 9.90 Å². The van der Waals surface area contributed by atoms with Crippen molar-refractivity contribution in [1.82, 2.24) is 0 Å². The van der Waals surface area contributed by atoms with E-state index in [0.29, 0.717) is 5.25 Å². The molecule has 2 atom stereocenters. The van der Waals surface area contributed by atoms with Gasteiger partial charge in [-0.15, -0.1) is 0 Å². The van der Waals surface area contributed by atoms with Crippen molar-refractivity contribution in [2.24, 2.45) is 11.7 Å². The lowest BCUT2D eigenvalue weighted by Gasteiger charge is -2.26. The highest BCUT2D eigenvalue weighted by atomic mass is 32.2. The molecular weight excluding hydrogens is 198 g/mol. The highest BCUT2D eigenvalue weighted by molar-refractivity contribution is 7.99. The normalized spacial score (nSPS) is 27.5. The summed E-state index contributed by atoms with van der Waals surface area (Å²) in [6, 6.07) is 0. The predicted molar refractivity (Wildman–Crippen MR) is 59.5 cm³/mol. The number of rotatable bonds is 5. The van der Waals surface area contributed by atoms with Gasteiger partial charge in [0.05, 0.1) is 5.92 Å². The summed E-state index contributed by atoms with van der Waals surface area (Å²) >= 11 is 1.90. The average molecular weight is 217 g/mol. The lowest BCUT2D eigenvalue weighted by Crippen LogP contribution is -2.24. The van der Waals surface area contributed by atoms with E-state index in [2.05, 4.69) is 0 Å². The van der Waals surface area contributed by atoms with Gasteiger partial charge >= 0.3 is 5.97 Å². The van der Waals surface area contributed by atoms with Crippen molar-refractivity contribution in [2.75, 3.05) is 12.3 Å². The van der Waals surface area contributed by atoms with Crippen LogP contribution in [0.5, 0.6) is 0 Å². The van der Waals surface area contributed by atoms with Crippen LogP contribution >= 0.6 is 11.8 Å². The molecule has 0 aromatic rings. The summed E-state index contributed by atoms with van der Waals surface area (Å²) in [4.78, 5) is 10.8. The largest absolute Gasteiger partial charge is 0.481 e. The van der Waals surface area contributed by atoms with Crippen LogP contribution in [0.3, 0.4) is 0 Å². The Balaban J connectivity index is 2.22. The fourth-order valence-electron chi connectivity index (χ4n) is 1.85. The topological polar surface area (TPSA) is 63.3 Å². The van der Waals surface area contributed by atoms with E-state index in [1.807, 2.05) is 11.8 Å². The third-order valence-corrected chi connectivity index (χ3v) is 4.10. The summed E-state index contributed by atoms with van der Waals surface area (Å²) in [6.45, 7) is 0.738. The van der Waals surface area contributed by atoms with Gasteiger partial charge in [-0.05, 0) is 38.0 Å². The van der Waals surface area contributed by atoms with Crippen LogP contribution in [-0.4, -0.2) is 28.6 Å². The predicted octanol–water partition coefficient (Wildman–Crippen LogP) is 1.71. The van der Waals surface area contributed by atoms with Gasteiger partial charge in [0.2, 0.25) is 0 Å². The van der Waals surface area contributed by atoms with E-state index in [-0.39, 0.29) is 5.92 Å². The van der Waals surface area contributed by atoms with Gasteiger partial charge in [-0.25, -0.2) is 0 Å². The zero-order valence-electron chi connectivity index (χ0n) is 8.45. The summed E-state index contributed by atoms with van der Waals surface area (Å²) in [5.41, 5.74) is 5.41. The molecule has 1 rings (SSSR count). The minimum Gasteiger partial charge on any atom is -0.481 e. The molecule has 0 heterocycles. The van der Waals surface area contributed by atoms with E-state index in [1.165, 1.54) is 6.42 Å². The first-order chi connectivity index (χ1) is 6.74. The lowest BCUT2D eigenvalue weighted by atomic mass is 9.89. The maximum absolute atomic E-state index is 10.8. The maximum atomic E-state index is 10.8. The molecule has 1 aliphatic rings. The second-order valence-electron chi connectivity index (χ2n) is 3.84. The molecule has 2 unspecified atom stereocenters. The molecule has 0 bridgehead atoms. The molecule has 3 nitrogen and oxygen atoms in total. The zero-order chi connectivity index (χ0) is 10.4. The number of carboxylic acids is 1. The smallest absolute Gasteiger partial charge is 0.306 e. The summed E-state index contributed by atoms with van der Waals surface area (Å²) in [7, 11) is 0. The molecule has 0 aliphatic heterocycles. The minimum absolute atomic E-state index is 0.0980. The second kappa shape index (κ2) is 6.30. The van der Waals surface area contributed by atoms with Gasteiger partial charge in [0.1, 0.15) is 0 Å². The number of carbonyl (C=O) groups is 1. The molecule has 4 heteroatoms. The van der Waals surface area contributed by atoms with Crippen LogP contribution in [-0.2, 0) is 4.79 Å². The van der Waals surface area contributed by atoms with E-state index in [1.54, 1.807) is 0 Å². The van der Waals surface area contributed by atoms with Crippen molar-refractivity contribution in [1.29, 1.82) is 0 Å². The van der Waals surface area contributed by atoms with Gasteiger partial charge in [0, 0.05) is 5.25 Å². The molecule has 1 saturated carbocycles. The molecule has 0 aromatic heterocycles. The Hall–Kier alpha value is -0.220. The molecule has 0 saturated heterocycles. The Kier molecular flexibility index (Phi) is 5.33. The Morgan fingerprint density at radius 1 is 1.50 bits per heavy atom. The number of thioether (sulfide) groups is 1. The molecule has 0 spiro atoms. The quantitative estimate of drug-likeness (QED) is 0.688. The van der Waals surface area contributed by atoms with Crippen LogP contribution in [0.1, 0.15) is 32.1 Å². The Bertz CT molecular complexity index is 187. The van der Waals surface area contributed by atoms with Gasteiger partial charge in [-0.1, -0.05) is 6.42 Å². The standard InChI is InChI=1S/C10H19NO2S/c11-5-2-6-14-9-4-1-3-8(7-9)10(12)13/h8-9H,1-7,11H2,(H,12,13). The first-order valence-electron chi connectivity index (χ1n) is 5.28. The summed E-state index contributed by atoms with van der Waals surface area (Å²) in [5, 5.41) is 9.45. The molecule has 0 radical (unpaired) electrons. The van der Waals surface area contributed by atoms with Crippen LogP contribution in [0.2, 0.25) is 0 Å². The van der Waals surface area contributed by atoms with Gasteiger partial charge < -0.3 is 10.8 Å². The van der Waals surface area contributed by atoms with Crippen LogP contribution < -0.4 is 5.73 Å². The van der Waals surface area contributed by atoms with E-state index in [0.717, 1.165) is 38.0 Å². The van der Waals surface area contributed by atoms with E-state index in [9.17, 15) is 4.79 Å². The van der Waals surface area contributed by atoms with E-state index < -0.39 is 5.97 Å². The Morgan fingerprint density at radius 3 is 2.93 bits per heavy atom. The van der Waals surface area contributed by atoms with Crippen molar-refractivity contribution >= 4 is 17.7 Å². The molecule has 3 N–H and O–H groups in total. The monoisotopic (exact) mass is 217 g/mol. The van der Waals surface area contributed by atoms with E-state index >= 15 is 0 Å². The highest BCUT2D eigenvalue weighted by Crippen LogP contribution is 2.32. The molecule has 14 heavy (non-hydrogen) atoms. The number of hydrogen-bond donors (Lipinski definition) is 2. The number of aliphatic carboxylic acids is 1. The third-order valence-electron chi connectivity index (χ3n) is 2.68. The Morgan fingerprint density at radius 2 is 2.29 bits per heavy atom. The zero-order valence-corrected chi connectivity index (χ0v) is 9.26. The van der Waals surface area contributed by atoms with Gasteiger partial charge in [0.15, 0.2) is 0 Å². The molecular formula is C10H19NO2S. The fraction of sp³-hybridized carbons (Fsp3) is 0.900. The van der Waals surface area contributed by atoms with E-state index in [4.69, 9.17) is 10.8 Å². The summed E-state index contributed by atoms with van der Waals surface area (Å²) < 4.78 is 0. The summed E-state index contributed by atoms with van der Waals surface area (Å²) in [5.74, 6) is 0.362. The number of carboxylic acid groups (broad SMARTS) is 1. The lowest BCUT2D eigenvalue weighted by molar-refractivity contribution is -0.142. The van der Waals surface area contributed by atoms with Crippen molar-refractivity contribution in [3.05, 3.63) is 0 Å².